The van der Waals surface area contributed by atoms with Crippen LogP contribution in [0.15, 0.2) is 55.0 Å². The minimum atomic E-state index is -0.239. The van der Waals surface area contributed by atoms with E-state index in [0.717, 1.165) is 23.0 Å². The summed E-state index contributed by atoms with van der Waals surface area (Å²) in [6.45, 7) is 6.65. The summed E-state index contributed by atoms with van der Waals surface area (Å²) in [4.78, 5) is 20.7. The van der Waals surface area contributed by atoms with Crippen LogP contribution in [0, 0.1) is 13.8 Å². The highest BCUT2D eigenvalue weighted by Gasteiger charge is 2.09. The lowest BCUT2D eigenvalue weighted by Gasteiger charge is -2.16. The fraction of sp³-hybridized carbons (Fsp3) is 0.286. The molecule has 0 aliphatic rings. The van der Waals surface area contributed by atoms with Crippen LogP contribution in [-0.2, 0) is 6.54 Å². The molecule has 0 aliphatic carbocycles. The molecule has 3 aromatic rings. The van der Waals surface area contributed by atoms with Crippen LogP contribution in [0.2, 0.25) is 0 Å². The second-order valence-corrected chi connectivity index (χ2v) is 6.72. The molecule has 1 aromatic carbocycles. The number of benzene rings is 1. The zero-order chi connectivity index (χ0) is 19.9. The van der Waals surface area contributed by atoms with Crippen LogP contribution in [0.25, 0.3) is 5.82 Å². The maximum Gasteiger partial charge on any atom is 0.315 e. The van der Waals surface area contributed by atoms with E-state index in [-0.39, 0.29) is 12.1 Å². The molecule has 0 bridgehead atoms. The number of hydrogen-bond donors (Lipinski definition) is 2. The zero-order valence-electron chi connectivity index (χ0n) is 16.3. The summed E-state index contributed by atoms with van der Waals surface area (Å²) in [7, 11) is 0. The first kappa shape index (κ1) is 19.4. The summed E-state index contributed by atoms with van der Waals surface area (Å²) in [5, 5.41) is 5.74. The number of ether oxygens (including phenoxy) is 1. The highest BCUT2D eigenvalue weighted by Crippen LogP contribution is 2.12. The first-order valence-electron chi connectivity index (χ1n) is 9.20. The van der Waals surface area contributed by atoms with Crippen molar-refractivity contribution in [2.24, 2.45) is 0 Å². The molecule has 28 heavy (non-hydrogen) atoms. The van der Waals surface area contributed by atoms with E-state index in [9.17, 15) is 4.79 Å². The Hall–Kier alpha value is -3.35. The second kappa shape index (κ2) is 9.03. The highest BCUT2D eigenvalue weighted by molar-refractivity contribution is 5.74. The normalized spacial score (nSPS) is 11.7. The van der Waals surface area contributed by atoms with Gasteiger partial charge in [-0.05, 0) is 50.6 Å². The Morgan fingerprint density at radius 2 is 1.93 bits per heavy atom. The van der Waals surface area contributed by atoms with Crippen LogP contribution in [-0.4, -0.2) is 33.2 Å². The second-order valence-electron chi connectivity index (χ2n) is 6.72. The van der Waals surface area contributed by atoms with Crippen molar-refractivity contribution in [1.82, 2.24) is 25.2 Å². The predicted octanol–water partition coefficient (Wildman–Crippen LogP) is 3.15. The van der Waals surface area contributed by atoms with E-state index in [4.69, 9.17) is 4.74 Å². The van der Waals surface area contributed by atoms with Gasteiger partial charge >= 0.3 is 6.03 Å². The fourth-order valence-corrected chi connectivity index (χ4v) is 2.68. The maximum atomic E-state index is 12.1. The van der Waals surface area contributed by atoms with E-state index in [1.807, 2.05) is 67.9 Å². The van der Waals surface area contributed by atoms with Crippen molar-refractivity contribution in [3.05, 3.63) is 71.9 Å². The van der Waals surface area contributed by atoms with Gasteiger partial charge in [0, 0.05) is 25.1 Å². The van der Waals surface area contributed by atoms with Crippen LogP contribution in [0.5, 0.6) is 5.75 Å². The van der Waals surface area contributed by atoms with Gasteiger partial charge in [0.15, 0.2) is 0 Å². The van der Waals surface area contributed by atoms with Gasteiger partial charge in [-0.25, -0.2) is 14.8 Å². The molecule has 0 spiro atoms. The van der Waals surface area contributed by atoms with Gasteiger partial charge in [0.2, 0.25) is 0 Å². The molecule has 146 valence electrons. The van der Waals surface area contributed by atoms with E-state index in [1.165, 1.54) is 5.56 Å². The topological polar surface area (TPSA) is 81.1 Å². The van der Waals surface area contributed by atoms with E-state index in [2.05, 4.69) is 20.6 Å². The van der Waals surface area contributed by atoms with Gasteiger partial charge in [-0.3, -0.25) is 4.57 Å². The van der Waals surface area contributed by atoms with Gasteiger partial charge in [-0.2, -0.15) is 0 Å². The quantitative estimate of drug-likeness (QED) is 0.661. The van der Waals surface area contributed by atoms with Crippen LogP contribution in [0.4, 0.5) is 4.79 Å². The number of carbonyl (C=O) groups is 1. The Balaban J connectivity index is 1.46. The first-order valence-corrected chi connectivity index (χ1v) is 9.20. The molecule has 0 aliphatic heterocycles. The first-order chi connectivity index (χ1) is 13.5. The molecule has 7 nitrogen and oxygen atoms in total. The highest BCUT2D eigenvalue weighted by atomic mass is 16.5. The number of hydrogen-bond acceptors (Lipinski definition) is 4. The van der Waals surface area contributed by atoms with Crippen molar-refractivity contribution in [3.8, 4) is 11.6 Å². The third-order valence-corrected chi connectivity index (χ3v) is 4.23. The predicted molar refractivity (Wildman–Crippen MR) is 108 cm³/mol. The third-order valence-electron chi connectivity index (χ3n) is 4.23. The Kier molecular flexibility index (Phi) is 6.26. The van der Waals surface area contributed by atoms with E-state index < -0.39 is 0 Å². The monoisotopic (exact) mass is 379 g/mol. The van der Waals surface area contributed by atoms with Crippen molar-refractivity contribution < 1.29 is 9.53 Å². The van der Waals surface area contributed by atoms with Crippen molar-refractivity contribution in [2.45, 2.75) is 33.4 Å². The number of rotatable bonds is 7. The Labute approximate surface area is 164 Å². The molecule has 3 rings (SSSR count). The molecule has 0 saturated carbocycles. The van der Waals surface area contributed by atoms with Gasteiger partial charge in [-0.1, -0.05) is 17.7 Å². The molecule has 2 aromatic heterocycles. The fourth-order valence-electron chi connectivity index (χ4n) is 2.68. The number of amides is 2. The van der Waals surface area contributed by atoms with Gasteiger partial charge < -0.3 is 15.4 Å². The van der Waals surface area contributed by atoms with E-state index in [1.54, 1.807) is 12.4 Å². The molecule has 0 fully saturated rings. The Morgan fingerprint density at radius 3 is 2.64 bits per heavy atom. The van der Waals surface area contributed by atoms with Crippen molar-refractivity contribution >= 4 is 6.03 Å². The smallest absolute Gasteiger partial charge is 0.315 e. The van der Waals surface area contributed by atoms with Crippen LogP contribution in [0.1, 0.15) is 23.9 Å². The lowest BCUT2D eigenvalue weighted by molar-refractivity contribution is 0.226. The minimum absolute atomic E-state index is 0.122. The summed E-state index contributed by atoms with van der Waals surface area (Å²) < 4.78 is 7.59. The summed E-state index contributed by atoms with van der Waals surface area (Å²) in [5.74, 6) is 2.42. The number of aromatic nitrogens is 3. The average molecular weight is 379 g/mol. The minimum Gasteiger partial charge on any atom is -0.491 e. The van der Waals surface area contributed by atoms with E-state index in [0.29, 0.717) is 13.2 Å². The molecule has 2 heterocycles. The molecule has 1 atom stereocenters. The van der Waals surface area contributed by atoms with Crippen LogP contribution in [0.3, 0.4) is 0 Å². The average Bonchev–Trinajstić information content (AvgIpc) is 3.12. The van der Waals surface area contributed by atoms with Gasteiger partial charge in [0.05, 0.1) is 6.04 Å². The molecule has 2 N–H and O–H groups in total. The largest absolute Gasteiger partial charge is 0.491 e. The summed E-state index contributed by atoms with van der Waals surface area (Å²) >= 11 is 0. The standard InChI is InChI=1S/C21H25N5O2/c1-15-4-6-19(7-5-15)28-14-16(2)25-21(27)24-13-18-8-9-23-20(12-18)26-11-10-22-17(26)3/h4-12,16H,13-14H2,1-3H3,(H2,24,25,27)/t16-/m0/s1. The van der Waals surface area contributed by atoms with Gasteiger partial charge in [0.1, 0.15) is 24.0 Å². The third kappa shape index (κ3) is 5.33. The van der Waals surface area contributed by atoms with Crippen molar-refractivity contribution in [2.75, 3.05) is 6.61 Å². The number of carbonyl (C=O) groups excluding carboxylic acids is 1. The lowest BCUT2D eigenvalue weighted by Crippen LogP contribution is -2.43. The Morgan fingerprint density at radius 1 is 1.14 bits per heavy atom. The molecular weight excluding hydrogens is 354 g/mol. The molecule has 7 heteroatoms. The van der Waals surface area contributed by atoms with Crippen molar-refractivity contribution in [1.29, 1.82) is 0 Å². The van der Waals surface area contributed by atoms with Gasteiger partial charge in [-0.15, -0.1) is 0 Å². The maximum absolute atomic E-state index is 12.1. The van der Waals surface area contributed by atoms with Crippen molar-refractivity contribution in [3.63, 3.8) is 0 Å². The number of nitrogens with zero attached hydrogens (tertiary/aromatic N) is 3. The molecule has 0 unspecified atom stereocenters. The number of nitrogens with one attached hydrogen (secondary N) is 2. The SMILES string of the molecule is Cc1ccc(OC[C@H](C)NC(=O)NCc2ccnc(-n3ccnc3C)c2)cc1. The molecule has 0 radical (unpaired) electrons. The zero-order valence-corrected chi connectivity index (χ0v) is 16.3. The van der Waals surface area contributed by atoms with Crippen LogP contribution < -0.4 is 15.4 Å². The molecule has 0 saturated heterocycles. The summed E-state index contributed by atoms with van der Waals surface area (Å²) in [6.07, 6.45) is 5.31. The molecular formula is C21H25N5O2. The lowest BCUT2D eigenvalue weighted by atomic mass is 10.2. The summed E-state index contributed by atoms with van der Waals surface area (Å²) in [5.41, 5.74) is 2.14. The molecule has 2 amide bonds. The number of pyridine rings is 1. The number of imidazole rings is 1. The number of urea groups is 1. The summed E-state index contributed by atoms with van der Waals surface area (Å²) in [6, 6.07) is 11.3. The van der Waals surface area contributed by atoms with Crippen LogP contribution >= 0.6 is 0 Å². The number of aryl methyl sites for hydroxylation is 2. The van der Waals surface area contributed by atoms with Gasteiger partial charge in [0.25, 0.3) is 0 Å². The Bertz CT molecular complexity index is 921. The van der Waals surface area contributed by atoms with E-state index >= 15 is 0 Å².